The van der Waals surface area contributed by atoms with E-state index in [0.29, 0.717) is 26.9 Å². The third kappa shape index (κ3) is 3.68. The predicted molar refractivity (Wildman–Crippen MR) is 110 cm³/mol. The number of anilines is 1. The summed E-state index contributed by atoms with van der Waals surface area (Å²) in [6, 6.07) is 18.0. The summed E-state index contributed by atoms with van der Waals surface area (Å²) in [6.45, 7) is 0. The van der Waals surface area contributed by atoms with Gasteiger partial charge in [-0.1, -0.05) is 47.5 Å². The lowest BCUT2D eigenvalue weighted by Gasteiger charge is -2.22. The van der Waals surface area contributed by atoms with Crippen molar-refractivity contribution in [2.45, 2.75) is 6.04 Å². The van der Waals surface area contributed by atoms with E-state index < -0.39 is 6.04 Å². The minimum Gasteiger partial charge on any atom is -0.505 e. The van der Waals surface area contributed by atoms with Gasteiger partial charge < -0.3 is 10.4 Å². The summed E-state index contributed by atoms with van der Waals surface area (Å²) in [5.74, 6) is 0.775. The lowest BCUT2D eigenvalue weighted by Crippen LogP contribution is -2.13. The van der Waals surface area contributed by atoms with Gasteiger partial charge in [0.1, 0.15) is 17.1 Å². The normalized spacial score (nSPS) is 12.1. The molecule has 27 heavy (non-hydrogen) atoms. The number of benzene rings is 2. The number of phenols is 1. The largest absolute Gasteiger partial charge is 0.505 e. The molecule has 6 heteroatoms. The predicted octanol–water partition coefficient (Wildman–Crippen LogP) is 5.84. The van der Waals surface area contributed by atoms with Crippen LogP contribution in [0.4, 0.5) is 5.82 Å². The molecule has 2 aromatic heterocycles. The zero-order valence-corrected chi connectivity index (χ0v) is 15.6. The highest BCUT2D eigenvalue weighted by atomic mass is 35.5. The molecule has 2 aromatic carbocycles. The highest BCUT2D eigenvalue weighted by Crippen LogP contribution is 2.37. The summed E-state index contributed by atoms with van der Waals surface area (Å²) in [7, 11) is 0. The summed E-state index contributed by atoms with van der Waals surface area (Å²) < 4.78 is 0. The fraction of sp³-hybridized carbons (Fsp3) is 0.0476. The van der Waals surface area contributed by atoms with Crippen molar-refractivity contribution in [2.75, 3.05) is 5.32 Å². The van der Waals surface area contributed by atoms with Crippen LogP contribution in [0.1, 0.15) is 17.2 Å². The number of phenolic OH excluding ortho intramolecular Hbond substituents is 1. The van der Waals surface area contributed by atoms with Gasteiger partial charge in [-0.05, 0) is 42.0 Å². The number of hydrogen-bond acceptors (Lipinski definition) is 4. The molecule has 0 radical (unpaired) electrons. The van der Waals surface area contributed by atoms with Crippen LogP contribution in [0.2, 0.25) is 10.0 Å². The molecule has 0 spiro atoms. The molecule has 0 aliphatic rings. The Morgan fingerprint density at radius 2 is 1.63 bits per heavy atom. The number of pyridine rings is 2. The number of rotatable bonds is 4. The number of aromatic nitrogens is 2. The number of nitrogens with zero attached hydrogens (tertiary/aromatic N) is 2. The van der Waals surface area contributed by atoms with Gasteiger partial charge in [-0.2, -0.15) is 0 Å². The van der Waals surface area contributed by atoms with Gasteiger partial charge in [-0.3, -0.25) is 4.98 Å². The van der Waals surface area contributed by atoms with Crippen LogP contribution >= 0.6 is 23.2 Å². The Labute approximate surface area is 166 Å². The van der Waals surface area contributed by atoms with E-state index >= 15 is 0 Å². The number of aromatic hydroxyl groups is 1. The summed E-state index contributed by atoms with van der Waals surface area (Å²) in [6.07, 6.45) is 3.36. The van der Waals surface area contributed by atoms with Crippen molar-refractivity contribution in [3.63, 3.8) is 0 Å². The van der Waals surface area contributed by atoms with Crippen LogP contribution in [0.3, 0.4) is 0 Å². The van der Waals surface area contributed by atoms with E-state index in [4.69, 9.17) is 23.2 Å². The van der Waals surface area contributed by atoms with E-state index in [1.807, 2.05) is 54.6 Å². The van der Waals surface area contributed by atoms with Crippen molar-refractivity contribution < 1.29 is 5.11 Å². The van der Waals surface area contributed by atoms with Gasteiger partial charge in [-0.15, -0.1) is 0 Å². The summed E-state index contributed by atoms with van der Waals surface area (Å²) in [5.41, 5.74) is 2.00. The zero-order valence-electron chi connectivity index (χ0n) is 14.1. The Morgan fingerprint density at radius 1 is 0.852 bits per heavy atom. The monoisotopic (exact) mass is 395 g/mol. The van der Waals surface area contributed by atoms with Crippen LogP contribution in [0.15, 0.2) is 73.1 Å². The second kappa shape index (κ2) is 7.43. The van der Waals surface area contributed by atoms with Crippen molar-refractivity contribution in [3.05, 3.63) is 94.2 Å². The first-order valence-corrected chi connectivity index (χ1v) is 9.07. The lowest BCUT2D eigenvalue weighted by molar-refractivity contribution is 0.471. The van der Waals surface area contributed by atoms with E-state index in [2.05, 4.69) is 15.3 Å². The average Bonchev–Trinajstić information content (AvgIpc) is 2.67. The molecule has 2 N–H and O–H groups in total. The average molecular weight is 396 g/mol. The van der Waals surface area contributed by atoms with Gasteiger partial charge in [-0.25, -0.2) is 4.98 Å². The van der Waals surface area contributed by atoms with E-state index in [0.717, 1.165) is 10.9 Å². The third-order valence-electron chi connectivity index (χ3n) is 4.27. The second-order valence-corrected chi connectivity index (χ2v) is 6.95. The Balaban J connectivity index is 1.88. The molecule has 4 aromatic rings. The first kappa shape index (κ1) is 17.6. The SMILES string of the molecule is Oc1c(C(Nc2ccccn2)c2cc(Cl)cc(Cl)c2)ccc2cccnc12. The van der Waals surface area contributed by atoms with E-state index in [-0.39, 0.29) is 5.75 Å². The van der Waals surface area contributed by atoms with E-state index in [1.165, 1.54) is 0 Å². The minimum absolute atomic E-state index is 0.109. The molecule has 0 saturated carbocycles. The van der Waals surface area contributed by atoms with Gasteiger partial charge in [0, 0.05) is 33.4 Å². The van der Waals surface area contributed by atoms with Gasteiger partial charge in [0.2, 0.25) is 0 Å². The molecule has 2 heterocycles. The molecule has 4 rings (SSSR count). The topological polar surface area (TPSA) is 58.0 Å². The quantitative estimate of drug-likeness (QED) is 0.455. The second-order valence-electron chi connectivity index (χ2n) is 6.07. The van der Waals surface area contributed by atoms with Crippen LogP contribution < -0.4 is 5.32 Å². The fourth-order valence-corrected chi connectivity index (χ4v) is 3.60. The Kier molecular flexibility index (Phi) is 4.84. The molecule has 0 fully saturated rings. The smallest absolute Gasteiger partial charge is 0.147 e. The van der Waals surface area contributed by atoms with Crippen molar-refractivity contribution >= 4 is 39.9 Å². The van der Waals surface area contributed by atoms with Crippen LogP contribution in [0.5, 0.6) is 5.75 Å². The van der Waals surface area contributed by atoms with Gasteiger partial charge in [0.05, 0.1) is 6.04 Å². The molecule has 0 amide bonds. The van der Waals surface area contributed by atoms with Crippen molar-refractivity contribution in [2.24, 2.45) is 0 Å². The molecule has 1 unspecified atom stereocenters. The summed E-state index contributed by atoms with van der Waals surface area (Å²) in [4.78, 5) is 8.65. The molecule has 0 saturated heterocycles. The molecule has 0 aliphatic carbocycles. The van der Waals surface area contributed by atoms with Gasteiger partial charge >= 0.3 is 0 Å². The van der Waals surface area contributed by atoms with Crippen molar-refractivity contribution in [3.8, 4) is 5.75 Å². The highest BCUT2D eigenvalue weighted by Gasteiger charge is 2.21. The maximum absolute atomic E-state index is 10.9. The van der Waals surface area contributed by atoms with Crippen molar-refractivity contribution in [1.29, 1.82) is 0 Å². The zero-order chi connectivity index (χ0) is 18.8. The number of fused-ring (bicyclic) bond motifs is 1. The Morgan fingerprint density at radius 3 is 2.37 bits per heavy atom. The van der Waals surface area contributed by atoms with Crippen LogP contribution in [0.25, 0.3) is 10.9 Å². The summed E-state index contributed by atoms with van der Waals surface area (Å²) >= 11 is 12.4. The molecule has 4 nitrogen and oxygen atoms in total. The molecular formula is C21H15Cl2N3O. The molecule has 134 valence electrons. The summed E-state index contributed by atoms with van der Waals surface area (Å²) in [5, 5.41) is 16.2. The van der Waals surface area contributed by atoms with E-state index in [9.17, 15) is 5.11 Å². The Hall–Kier alpha value is -2.82. The highest BCUT2D eigenvalue weighted by molar-refractivity contribution is 6.34. The van der Waals surface area contributed by atoms with Crippen LogP contribution in [-0.2, 0) is 0 Å². The van der Waals surface area contributed by atoms with Gasteiger partial charge in [0.25, 0.3) is 0 Å². The maximum Gasteiger partial charge on any atom is 0.147 e. The lowest BCUT2D eigenvalue weighted by atomic mass is 9.96. The molecule has 0 aliphatic heterocycles. The first-order chi connectivity index (χ1) is 13.1. The maximum atomic E-state index is 10.9. The first-order valence-electron chi connectivity index (χ1n) is 8.32. The minimum atomic E-state index is -0.414. The van der Waals surface area contributed by atoms with Crippen LogP contribution in [-0.4, -0.2) is 15.1 Å². The number of hydrogen-bond donors (Lipinski definition) is 2. The standard InChI is InChI=1S/C21H15Cl2N3O/c22-15-10-14(11-16(23)12-15)19(26-18-5-1-2-8-24-18)17-7-6-13-4-3-9-25-20(13)21(17)27/h1-12,19,27H,(H,24,26). The van der Waals surface area contributed by atoms with Gasteiger partial charge in [0.15, 0.2) is 0 Å². The van der Waals surface area contributed by atoms with Crippen LogP contribution in [0, 0.1) is 0 Å². The molecule has 0 bridgehead atoms. The molecular weight excluding hydrogens is 381 g/mol. The number of halogens is 2. The van der Waals surface area contributed by atoms with Crippen molar-refractivity contribution in [1.82, 2.24) is 9.97 Å². The fourth-order valence-electron chi connectivity index (χ4n) is 3.06. The Bertz CT molecular complexity index is 1080. The third-order valence-corrected chi connectivity index (χ3v) is 4.70. The number of nitrogens with one attached hydrogen (secondary N) is 1. The molecule has 1 atom stereocenters. The van der Waals surface area contributed by atoms with E-state index in [1.54, 1.807) is 18.5 Å².